The van der Waals surface area contributed by atoms with Gasteiger partial charge in [0.05, 0.1) is 0 Å². The first kappa shape index (κ1) is 24.6. The smallest absolute Gasteiger partial charge is 0.123 e. The van der Waals surface area contributed by atoms with Crippen LogP contribution in [0.4, 0.5) is 0 Å². The second kappa shape index (κ2) is 12.3. The number of amidine groups is 1. The highest BCUT2D eigenvalue weighted by Gasteiger charge is 2.07. The Kier molecular flexibility index (Phi) is 8.39. The van der Waals surface area contributed by atoms with Gasteiger partial charge in [0.1, 0.15) is 42.9 Å². The van der Waals surface area contributed by atoms with Crippen LogP contribution in [0.5, 0.6) is 17.2 Å². The van der Waals surface area contributed by atoms with Gasteiger partial charge in [-0.05, 0) is 52.9 Å². The summed E-state index contributed by atoms with van der Waals surface area (Å²) < 4.78 is 17.8. The third-order valence-corrected chi connectivity index (χ3v) is 5.62. The molecule has 36 heavy (non-hydrogen) atoms. The van der Waals surface area contributed by atoms with Gasteiger partial charge in [-0.3, -0.25) is 5.41 Å². The fourth-order valence-corrected chi connectivity index (χ4v) is 3.76. The summed E-state index contributed by atoms with van der Waals surface area (Å²) in [5.74, 6) is 2.37. The SMILES string of the molecule is C=CCc1cc(-c2ccc(C(=N)N)cc2)ccc1OCCOc1cccc(OCc2ccccc2)c1. The first-order chi connectivity index (χ1) is 17.6. The summed E-state index contributed by atoms with van der Waals surface area (Å²) in [6.45, 7) is 5.21. The predicted molar refractivity (Wildman–Crippen MR) is 145 cm³/mol. The molecule has 0 aromatic heterocycles. The molecule has 0 aliphatic rings. The molecule has 0 atom stereocenters. The maximum Gasteiger partial charge on any atom is 0.123 e. The van der Waals surface area contributed by atoms with Crippen molar-refractivity contribution in [3.8, 4) is 28.4 Å². The summed E-state index contributed by atoms with van der Waals surface area (Å²) in [6, 6.07) is 31.4. The largest absolute Gasteiger partial charge is 0.490 e. The minimum Gasteiger partial charge on any atom is -0.490 e. The third kappa shape index (κ3) is 6.76. The molecule has 0 heterocycles. The Morgan fingerprint density at radius 2 is 1.44 bits per heavy atom. The van der Waals surface area contributed by atoms with Crippen LogP contribution in [0.2, 0.25) is 0 Å². The maximum absolute atomic E-state index is 7.56. The third-order valence-electron chi connectivity index (χ3n) is 5.62. The van der Waals surface area contributed by atoms with Crippen LogP contribution < -0.4 is 19.9 Å². The molecule has 4 aromatic rings. The van der Waals surface area contributed by atoms with Gasteiger partial charge >= 0.3 is 0 Å². The van der Waals surface area contributed by atoms with E-state index in [1.54, 1.807) is 0 Å². The van der Waals surface area contributed by atoms with Crippen LogP contribution in [0.25, 0.3) is 11.1 Å². The van der Waals surface area contributed by atoms with E-state index in [-0.39, 0.29) is 5.84 Å². The van der Waals surface area contributed by atoms with E-state index < -0.39 is 0 Å². The van der Waals surface area contributed by atoms with Crippen LogP contribution in [0.15, 0.2) is 110 Å². The van der Waals surface area contributed by atoms with Crippen molar-refractivity contribution in [1.29, 1.82) is 5.41 Å². The van der Waals surface area contributed by atoms with E-state index in [0.717, 1.165) is 39.5 Å². The van der Waals surface area contributed by atoms with Crippen LogP contribution in [0.1, 0.15) is 16.7 Å². The van der Waals surface area contributed by atoms with Gasteiger partial charge in [0.15, 0.2) is 0 Å². The van der Waals surface area contributed by atoms with E-state index in [2.05, 4.69) is 12.6 Å². The van der Waals surface area contributed by atoms with Crippen LogP contribution in [-0.4, -0.2) is 19.0 Å². The van der Waals surface area contributed by atoms with E-state index in [0.29, 0.717) is 31.8 Å². The molecule has 0 aliphatic carbocycles. The van der Waals surface area contributed by atoms with E-state index in [4.69, 9.17) is 25.4 Å². The Balaban J connectivity index is 1.32. The Labute approximate surface area is 212 Å². The highest BCUT2D eigenvalue weighted by molar-refractivity contribution is 5.95. The van der Waals surface area contributed by atoms with Crippen LogP contribution in [0.3, 0.4) is 0 Å². The zero-order chi connectivity index (χ0) is 25.2. The van der Waals surface area contributed by atoms with Crippen molar-refractivity contribution >= 4 is 5.84 Å². The maximum atomic E-state index is 7.56. The van der Waals surface area contributed by atoms with Crippen molar-refractivity contribution in [3.05, 3.63) is 126 Å². The highest BCUT2D eigenvalue weighted by Crippen LogP contribution is 2.28. The molecule has 0 saturated heterocycles. The monoisotopic (exact) mass is 478 g/mol. The summed E-state index contributed by atoms with van der Waals surface area (Å²) in [5.41, 5.74) is 10.6. The lowest BCUT2D eigenvalue weighted by Crippen LogP contribution is -2.10. The van der Waals surface area contributed by atoms with Crippen molar-refractivity contribution < 1.29 is 14.2 Å². The van der Waals surface area contributed by atoms with E-state index in [1.807, 2.05) is 97.1 Å². The van der Waals surface area contributed by atoms with E-state index in [1.165, 1.54) is 0 Å². The van der Waals surface area contributed by atoms with Crippen molar-refractivity contribution in [2.75, 3.05) is 13.2 Å². The summed E-state index contributed by atoms with van der Waals surface area (Å²) in [5, 5.41) is 7.56. The molecule has 5 nitrogen and oxygen atoms in total. The highest BCUT2D eigenvalue weighted by atomic mass is 16.5. The minimum atomic E-state index is 0.0614. The van der Waals surface area contributed by atoms with Gasteiger partial charge in [-0.2, -0.15) is 0 Å². The second-order valence-electron chi connectivity index (χ2n) is 8.25. The Morgan fingerprint density at radius 3 is 2.17 bits per heavy atom. The lowest BCUT2D eigenvalue weighted by atomic mass is 9.99. The normalized spacial score (nSPS) is 10.4. The number of benzene rings is 4. The van der Waals surface area contributed by atoms with Crippen LogP contribution in [0, 0.1) is 5.41 Å². The number of allylic oxidation sites excluding steroid dienone is 1. The van der Waals surface area contributed by atoms with Gasteiger partial charge in [-0.25, -0.2) is 0 Å². The zero-order valence-corrected chi connectivity index (χ0v) is 20.2. The predicted octanol–water partition coefficient (Wildman–Crippen LogP) is 6.40. The summed E-state index contributed by atoms with van der Waals surface area (Å²) >= 11 is 0. The molecule has 4 aromatic carbocycles. The lowest BCUT2D eigenvalue weighted by Gasteiger charge is -2.14. The second-order valence-corrected chi connectivity index (χ2v) is 8.25. The fourth-order valence-electron chi connectivity index (χ4n) is 3.76. The van der Waals surface area contributed by atoms with Crippen LogP contribution >= 0.6 is 0 Å². The Hall–Kier alpha value is -4.51. The number of hydrogen-bond donors (Lipinski definition) is 2. The zero-order valence-electron chi connectivity index (χ0n) is 20.2. The molecule has 0 aliphatic heterocycles. The topological polar surface area (TPSA) is 77.6 Å². The average Bonchev–Trinajstić information content (AvgIpc) is 2.91. The number of nitrogens with one attached hydrogen (secondary N) is 1. The van der Waals surface area contributed by atoms with Gasteiger partial charge in [0, 0.05) is 11.6 Å². The quantitative estimate of drug-likeness (QED) is 0.107. The molecule has 0 spiro atoms. The first-order valence-electron chi connectivity index (χ1n) is 11.8. The summed E-state index contributed by atoms with van der Waals surface area (Å²) in [6.07, 6.45) is 2.55. The number of hydrogen-bond acceptors (Lipinski definition) is 4. The van der Waals surface area contributed by atoms with Crippen molar-refractivity contribution in [2.45, 2.75) is 13.0 Å². The van der Waals surface area contributed by atoms with Gasteiger partial charge in [-0.15, -0.1) is 6.58 Å². The van der Waals surface area contributed by atoms with Gasteiger partial charge in [-0.1, -0.05) is 72.8 Å². The number of ether oxygens (including phenoxy) is 3. The van der Waals surface area contributed by atoms with E-state index >= 15 is 0 Å². The van der Waals surface area contributed by atoms with Gasteiger partial charge in [0.25, 0.3) is 0 Å². The molecule has 3 N–H and O–H groups in total. The molecule has 182 valence electrons. The number of nitrogens with two attached hydrogens (primary N) is 1. The molecular formula is C31H30N2O3. The summed E-state index contributed by atoms with van der Waals surface area (Å²) in [4.78, 5) is 0. The molecule has 4 rings (SSSR count). The van der Waals surface area contributed by atoms with Crippen LogP contribution in [-0.2, 0) is 13.0 Å². The average molecular weight is 479 g/mol. The Morgan fingerprint density at radius 1 is 0.750 bits per heavy atom. The standard InChI is InChI=1S/C31H30N2O3/c1-2-7-27-20-26(24-12-14-25(15-13-24)31(32)33)16-17-30(27)35-19-18-34-28-10-6-11-29(21-28)36-22-23-8-4-3-5-9-23/h2-6,8-17,20-21H,1,7,18-19,22H2,(H3,32,33). The molecule has 0 fully saturated rings. The molecule has 0 saturated carbocycles. The van der Waals surface area contributed by atoms with Crippen molar-refractivity contribution in [1.82, 2.24) is 0 Å². The molecule has 0 amide bonds. The summed E-state index contributed by atoms with van der Waals surface area (Å²) in [7, 11) is 0. The lowest BCUT2D eigenvalue weighted by molar-refractivity contribution is 0.215. The number of nitrogen functional groups attached to an aromatic ring is 1. The first-order valence-corrected chi connectivity index (χ1v) is 11.8. The van der Waals surface area contributed by atoms with E-state index in [9.17, 15) is 0 Å². The minimum absolute atomic E-state index is 0.0614. The van der Waals surface area contributed by atoms with Gasteiger partial charge in [0.2, 0.25) is 0 Å². The molecular weight excluding hydrogens is 448 g/mol. The Bertz CT molecular complexity index is 1300. The fraction of sp³-hybridized carbons (Fsp3) is 0.129. The molecule has 0 bridgehead atoms. The van der Waals surface area contributed by atoms with Crippen molar-refractivity contribution in [2.24, 2.45) is 5.73 Å². The van der Waals surface area contributed by atoms with Crippen molar-refractivity contribution in [3.63, 3.8) is 0 Å². The molecule has 0 radical (unpaired) electrons. The number of rotatable bonds is 12. The van der Waals surface area contributed by atoms with Gasteiger partial charge < -0.3 is 19.9 Å². The molecule has 5 heteroatoms. The molecule has 0 unspecified atom stereocenters.